The summed E-state index contributed by atoms with van der Waals surface area (Å²) in [6.45, 7) is 1.74. The average molecular weight is 205 g/mol. The summed E-state index contributed by atoms with van der Waals surface area (Å²) in [5.41, 5.74) is -0.537. The first-order valence-corrected chi connectivity index (χ1v) is 4.16. The number of halogens is 3. The van der Waals surface area contributed by atoms with Gasteiger partial charge in [0.1, 0.15) is 5.69 Å². The minimum atomic E-state index is -4.42. The average Bonchev–Trinajstić information content (AvgIpc) is 2.15. The lowest BCUT2D eigenvalue weighted by Gasteiger charge is -2.09. The van der Waals surface area contributed by atoms with E-state index in [9.17, 15) is 18.3 Å². The molecule has 0 saturated heterocycles. The zero-order valence-corrected chi connectivity index (χ0v) is 7.54. The molecule has 1 aromatic heterocycles. The van der Waals surface area contributed by atoms with Crippen LogP contribution in [0.15, 0.2) is 18.3 Å². The highest BCUT2D eigenvalue weighted by Gasteiger charge is 2.32. The molecule has 0 unspecified atom stereocenters. The van der Waals surface area contributed by atoms with Gasteiger partial charge in [0, 0.05) is 6.20 Å². The Kier molecular flexibility index (Phi) is 3.10. The van der Waals surface area contributed by atoms with E-state index in [0.29, 0.717) is 12.0 Å². The molecule has 0 aliphatic rings. The fourth-order valence-corrected chi connectivity index (χ4v) is 1.01. The Morgan fingerprint density at radius 1 is 1.43 bits per heavy atom. The molecular formula is C9H10F3NO. The second-order valence-corrected chi connectivity index (χ2v) is 2.90. The van der Waals surface area contributed by atoms with E-state index in [0.717, 1.165) is 12.3 Å². The van der Waals surface area contributed by atoms with Crippen LogP contribution in [-0.4, -0.2) is 10.1 Å². The van der Waals surface area contributed by atoms with Gasteiger partial charge in [-0.05, 0) is 18.1 Å². The van der Waals surface area contributed by atoms with E-state index in [2.05, 4.69) is 4.98 Å². The van der Waals surface area contributed by atoms with Crippen molar-refractivity contribution in [2.45, 2.75) is 25.6 Å². The predicted octanol–water partition coefficient (Wildman–Crippen LogP) is 2.54. The van der Waals surface area contributed by atoms with Crippen LogP contribution < -0.4 is 0 Å². The smallest absolute Gasteiger partial charge is 0.388 e. The first-order chi connectivity index (χ1) is 6.45. The van der Waals surface area contributed by atoms with Gasteiger partial charge in [0.25, 0.3) is 0 Å². The van der Waals surface area contributed by atoms with E-state index in [-0.39, 0.29) is 0 Å². The van der Waals surface area contributed by atoms with Gasteiger partial charge in [0.15, 0.2) is 0 Å². The summed E-state index contributed by atoms with van der Waals surface area (Å²) in [6, 6.07) is 2.11. The van der Waals surface area contributed by atoms with Crippen LogP contribution in [0.25, 0.3) is 0 Å². The van der Waals surface area contributed by atoms with Gasteiger partial charge in [-0.1, -0.05) is 13.0 Å². The molecule has 0 bridgehead atoms. The number of hydrogen-bond donors (Lipinski definition) is 1. The quantitative estimate of drug-likeness (QED) is 0.804. The highest BCUT2D eigenvalue weighted by atomic mass is 19.4. The third-order valence-corrected chi connectivity index (χ3v) is 1.85. The summed E-state index contributed by atoms with van der Waals surface area (Å²) in [5, 5.41) is 9.30. The molecule has 0 fully saturated rings. The number of alkyl halides is 3. The van der Waals surface area contributed by atoms with Crippen LogP contribution in [0.5, 0.6) is 0 Å². The maximum atomic E-state index is 12.1. The fraction of sp³-hybridized carbons (Fsp3) is 0.444. The van der Waals surface area contributed by atoms with Crippen LogP contribution in [0.4, 0.5) is 13.2 Å². The fourth-order valence-electron chi connectivity index (χ4n) is 1.01. The van der Waals surface area contributed by atoms with Crippen LogP contribution in [0, 0.1) is 0 Å². The maximum Gasteiger partial charge on any atom is 0.433 e. The summed E-state index contributed by atoms with van der Waals surface area (Å²) >= 11 is 0. The van der Waals surface area contributed by atoms with Crippen molar-refractivity contribution in [3.05, 3.63) is 29.6 Å². The van der Waals surface area contributed by atoms with Crippen LogP contribution in [0.1, 0.15) is 30.7 Å². The van der Waals surface area contributed by atoms with Crippen LogP contribution in [0.3, 0.4) is 0 Å². The SMILES string of the molecule is CC[C@@H](O)c1ccc(C(F)(F)F)nc1. The second-order valence-electron chi connectivity index (χ2n) is 2.90. The third-order valence-electron chi connectivity index (χ3n) is 1.85. The summed E-state index contributed by atoms with van der Waals surface area (Å²) in [7, 11) is 0. The zero-order valence-electron chi connectivity index (χ0n) is 7.54. The molecule has 1 rings (SSSR count). The maximum absolute atomic E-state index is 12.1. The molecule has 0 aliphatic carbocycles. The largest absolute Gasteiger partial charge is 0.433 e. The number of rotatable bonds is 2. The molecule has 1 aromatic rings. The van der Waals surface area contributed by atoms with Gasteiger partial charge in [-0.2, -0.15) is 13.2 Å². The Bertz CT molecular complexity index is 294. The van der Waals surface area contributed by atoms with Crippen molar-refractivity contribution >= 4 is 0 Å². The summed E-state index contributed by atoms with van der Waals surface area (Å²) < 4.78 is 36.2. The highest BCUT2D eigenvalue weighted by Crippen LogP contribution is 2.28. The van der Waals surface area contributed by atoms with Crippen molar-refractivity contribution in [2.24, 2.45) is 0 Å². The van der Waals surface area contributed by atoms with Crippen LogP contribution >= 0.6 is 0 Å². The number of aliphatic hydroxyl groups is 1. The molecule has 0 amide bonds. The number of aliphatic hydroxyl groups excluding tert-OH is 1. The van der Waals surface area contributed by atoms with Gasteiger partial charge < -0.3 is 5.11 Å². The molecule has 0 aromatic carbocycles. The topological polar surface area (TPSA) is 33.1 Å². The molecule has 1 heterocycles. The second kappa shape index (κ2) is 3.96. The molecule has 0 saturated carbocycles. The molecule has 1 N–H and O–H groups in total. The van der Waals surface area contributed by atoms with Crippen molar-refractivity contribution in [1.82, 2.24) is 4.98 Å². The highest BCUT2D eigenvalue weighted by molar-refractivity contribution is 5.17. The van der Waals surface area contributed by atoms with E-state index in [4.69, 9.17) is 0 Å². The first-order valence-electron chi connectivity index (χ1n) is 4.16. The summed E-state index contributed by atoms with van der Waals surface area (Å²) in [6.07, 6.45) is -3.66. The van der Waals surface area contributed by atoms with Crippen molar-refractivity contribution in [3.8, 4) is 0 Å². The summed E-state index contributed by atoms with van der Waals surface area (Å²) in [4.78, 5) is 3.23. The Balaban J connectivity index is 2.89. The molecule has 0 aliphatic heterocycles. The van der Waals surface area contributed by atoms with Crippen molar-refractivity contribution in [2.75, 3.05) is 0 Å². The minimum Gasteiger partial charge on any atom is -0.388 e. The van der Waals surface area contributed by atoms with Crippen LogP contribution in [0.2, 0.25) is 0 Å². The Morgan fingerprint density at radius 3 is 2.43 bits per heavy atom. The van der Waals surface area contributed by atoms with Gasteiger partial charge in [0.2, 0.25) is 0 Å². The van der Waals surface area contributed by atoms with Gasteiger partial charge in [-0.15, -0.1) is 0 Å². The molecule has 1 atom stereocenters. The number of pyridine rings is 1. The third kappa shape index (κ3) is 2.45. The molecular weight excluding hydrogens is 195 g/mol. The standard InChI is InChI=1S/C9H10F3NO/c1-2-7(14)6-3-4-8(13-5-6)9(10,11)12/h3-5,7,14H,2H2,1H3/t7-/m1/s1. The minimum absolute atomic E-state index is 0.403. The molecule has 0 spiro atoms. The van der Waals surface area contributed by atoms with E-state index >= 15 is 0 Å². The van der Waals surface area contributed by atoms with E-state index < -0.39 is 18.0 Å². The van der Waals surface area contributed by atoms with E-state index in [1.54, 1.807) is 6.92 Å². The van der Waals surface area contributed by atoms with Gasteiger partial charge in [-0.25, -0.2) is 0 Å². The molecule has 0 radical (unpaired) electrons. The Hall–Kier alpha value is -1.10. The molecule has 78 valence electrons. The first kappa shape index (κ1) is 11.0. The Morgan fingerprint density at radius 2 is 2.07 bits per heavy atom. The Labute approximate surface area is 79.4 Å². The van der Waals surface area contributed by atoms with Gasteiger partial charge in [-0.3, -0.25) is 4.98 Å². The van der Waals surface area contributed by atoms with Crippen molar-refractivity contribution in [3.63, 3.8) is 0 Å². The van der Waals surface area contributed by atoms with Crippen LogP contribution in [-0.2, 0) is 6.18 Å². The number of nitrogens with zero attached hydrogens (tertiary/aromatic N) is 1. The molecule has 2 nitrogen and oxygen atoms in total. The number of aromatic nitrogens is 1. The summed E-state index contributed by atoms with van der Waals surface area (Å²) in [5.74, 6) is 0. The number of hydrogen-bond acceptors (Lipinski definition) is 2. The molecule has 5 heteroatoms. The predicted molar refractivity (Wildman–Crippen MR) is 44.5 cm³/mol. The van der Waals surface area contributed by atoms with Crippen molar-refractivity contribution < 1.29 is 18.3 Å². The molecule has 14 heavy (non-hydrogen) atoms. The van der Waals surface area contributed by atoms with Gasteiger partial charge >= 0.3 is 6.18 Å². The lowest BCUT2D eigenvalue weighted by molar-refractivity contribution is -0.141. The van der Waals surface area contributed by atoms with E-state index in [1.165, 1.54) is 6.07 Å². The van der Waals surface area contributed by atoms with Gasteiger partial charge in [0.05, 0.1) is 6.10 Å². The normalized spacial score (nSPS) is 14.1. The monoisotopic (exact) mass is 205 g/mol. The lowest BCUT2D eigenvalue weighted by Crippen LogP contribution is -2.08. The lowest BCUT2D eigenvalue weighted by atomic mass is 10.1. The van der Waals surface area contributed by atoms with Crippen molar-refractivity contribution in [1.29, 1.82) is 0 Å². The zero-order chi connectivity index (χ0) is 10.8. The van der Waals surface area contributed by atoms with E-state index in [1.807, 2.05) is 0 Å².